The summed E-state index contributed by atoms with van der Waals surface area (Å²) >= 11 is 0. The van der Waals surface area contributed by atoms with Gasteiger partial charge in [-0.15, -0.1) is 11.3 Å². The van der Waals surface area contributed by atoms with Crippen molar-refractivity contribution in [2.45, 2.75) is 26.2 Å². The van der Waals surface area contributed by atoms with Gasteiger partial charge in [-0.1, -0.05) is 150 Å². The second-order valence-electron chi connectivity index (χ2n) is 9.00. The monoisotopic (exact) mass is 731 g/mol. The van der Waals surface area contributed by atoms with E-state index < -0.39 is 0 Å². The third kappa shape index (κ3) is 10.2. The molecule has 0 heterocycles. The molecule has 0 fully saturated rings. The second-order valence-corrected chi connectivity index (χ2v) is 10.4. The van der Waals surface area contributed by atoms with Gasteiger partial charge in [-0.05, 0) is 12.3 Å². The van der Waals surface area contributed by atoms with Gasteiger partial charge in [0.05, 0.1) is 0 Å². The van der Waals surface area contributed by atoms with E-state index in [2.05, 4.69) is 117 Å². The van der Waals surface area contributed by atoms with Crippen LogP contribution in [0.1, 0.15) is 36.5 Å². The molecule has 0 saturated heterocycles. The molecule has 0 unspecified atom stereocenters. The summed E-state index contributed by atoms with van der Waals surface area (Å²) < 4.78 is 0. The number of hydrogen-bond acceptors (Lipinski definition) is 0. The number of benzene rings is 5. The van der Waals surface area contributed by atoms with Crippen LogP contribution in [0.3, 0.4) is 0 Å². The van der Waals surface area contributed by atoms with Gasteiger partial charge in [-0.25, -0.2) is 0 Å². The minimum absolute atomic E-state index is 0. The van der Waals surface area contributed by atoms with Crippen molar-refractivity contribution >= 4 is 25.6 Å². The molecule has 1 N–H and O–H groups in total. The molecule has 0 aliphatic heterocycles. The van der Waals surface area contributed by atoms with E-state index in [1.807, 2.05) is 30.3 Å². The fourth-order valence-corrected chi connectivity index (χ4v) is 5.26. The van der Waals surface area contributed by atoms with E-state index in [0.29, 0.717) is 11.6 Å². The predicted molar refractivity (Wildman–Crippen MR) is 156 cm³/mol. The average molecular weight is 731 g/mol. The van der Waals surface area contributed by atoms with Gasteiger partial charge in [-0.2, -0.15) is 29.8 Å². The third-order valence-corrected chi connectivity index (χ3v) is 7.28. The van der Waals surface area contributed by atoms with Gasteiger partial charge in [0.2, 0.25) is 0 Å². The first-order valence-corrected chi connectivity index (χ1v) is 13.4. The van der Waals surface area contributed by atoms with Crippen molar-refractivity contribution in [2.24, 2.45) is 0 Å². The van der Waals surface area contributed by atoms with Crippen molar-refractivity contribution in [2.75, 3.05) is 0 Å². The maximum absolute atomic E-state index is 7.50. The number of halogens is 2. The van der Waals surface area contributed by atoms with E-state index in [4.69, 9.17) is 5.73 Å². The summed E-state index contributed by atoms with van der Waals surface area (Å²) in [5, 5.41) is 2.79. The Morgan fingerprint density at radius 3 is 1.72 bits per heavy atom. The van der Waals surface area contributed by atoms with Crippen molar-refractivity contribution < 1.29 is 50.7 Å². The van der Waals surface area contributed by atoms with Gasteiger partial charge in [-0.3, -0.25) is 0 Å². The first-order valence-electron chi connectivity index (χ1n) is 12.4. The Balaban J connectivity index is 0.000000285. The number of nitrogens with one attached hydrogen (secondary N) is 1. The summed E-state index contributed by atoms with van der Waals surface area (Å²) in [5.41, 5.74) is 14.8. The number of rotatable bonds is 3. The SMILES string of the molecule is CC(C)c1ccccc1[NH-].[Cl-].[Cl-].[Hf+4].[c-]1cccc2c1Cc1ccccc1-2.c1ccc([Si]c2ccccc2)cc1. The van der Waals surface area contributed by atoms with Gasteiger partial charge < -0.3 is 30.5 Å². The molecule has 1 aliphatic carbocycles. The largest absolute Gasteiger partial charge is 4.00 e. The molecule has 1 aliphatic rings. The fourth-order valence-electron chi connectivity index (χ4n) is 4.21. The van der Waals surface area contributed by atoms with Gasteiger partial charge >= 0.3 is 25.8 Å². The van der Waals surface area contributed by atoms with Crippen LogP contribution in [-0.2, 0) is 32.3 Å². The van der Waals surface area contributed by atoms with Crippen LogP contribution in [0.15, 0.2) is 127 Å². The Bertz CT molecular complexity index is 1300. The zero-order chi connectivity index (χ0) is 25.2. The molecule has 0 atom stereocenters. The standard InChI is InChI=1S/C13H9.C12H10Si.C9H12N.2ClH.Hf/c1-3-7-12-10(5-1)9-11-6-2-4-8-13(11)12;1-3-7-11(8-4-1)13-12-9-5-2-6-10-12;1-7(2)8-5-3-4-6-9(8)10;;;/h1-5,7-8H,9H2;1-10H;3-7,10H,1-2H3;2*1H;/q-1;;-1;;;+4/p-2. The van der Waals surface area contributed by atoms with Crippen molar-refractivity contribution in [3.05, 3.63) is 156 Å². The molecule has 0 saturated carbocycles. The summed E-state index contributed by atoms with van der Waals surface area (Å²) in [4.78, 5) is 0. The summed E-state index contributed by atoms with van der Waals surface area (Å²) in [7, 11) is 0.777. The summed E-state index contributed by atoms with van der Waals surface area (Å²) in [6, 6.07) is 47.0. The maximum Gasteiger partial charge on any atom is 4.00 e. The van der Waals surface area contributed by atoms with Crippen LogP contribution in [0.5, 0.6) is 0 Å². The molecule has 0 amide bonds. The summed E-state index contributed by atoms with van der Waals surface area (Å²) in [6.45, 7) is 4.21. The van der Waals surface area contributed by atoms with Gasteiger partial charge in [0.15, 0.2) is 0 Å². The van der Waals surface area contributed by atoms with Crippen molar-refractivity contribution in [3.63, 3.8) is 0 Å². The smallest absolute Gasteiger partial charge is 1.00 e. The topological polar surface area (TPSA) is 23.8 Å². The van der Waals surface area contributed by atoms with Crippen LogP contribution < -0.4 is 35.2 Å². The molecule has 0 aromatic heterocycles. The summed E-state index contributed by atoms with van der Waals surface area (Å²) in [5.74, 6) is 0.466. The van der Waals surface area contributed by atoms with E-state index in [9.17, 15) is 0 Å². The van der Waals surface area contributed by atoms with E-state index in [1.165, 1.54) is 32.6 Å². The van der Waals surface area contributed by atoms with Crippen molar-refractivity contribution in [1.82, 2.24) is 0 Å². The summed E-state index contributed by atoms with van der Waals surface area (Å²) in [6.07, 6.45) is 1.05. The zero-order valence-electron chi connectivity index (χ0n) is 22.2. The maximum atomic E-state index is 7.50. The Morgan fingerprint density at radius 2 is 1.15 bits per heavy atom. The first-order chi connectivity index (χ1) is 17.6. The minimum atomic E-state index is 0. The molecule has 0 bridgehead atoms. The van der Waals surface area contributed by atoms with Gasteiger partial charge in [0.25, 0.3) is 0 Å². The fraction of sp³-hybridized carbons (Fsp3) is 0.118. The normalized spacial score (nSPS) is 10.0. The molecule has 5 heteroatoms. The van der Waals surface area contributed by atoms with Crippen molar-refractivity contribution in [3.8, 4) is 11.1 Å². The Morgan fingerprint density at radius 1 is 0.641 bits per heavy atom. The van der Waals surface area contributed by atoms with Crippen LogP contribution >= 0.6 is 0 Å². The van der Waals surface area contributed by atoms with Crippen LogP contribution in [-0.4, -0.2) is 9.52 Å². The average Bonchev–Trinajstić information content (AvgIpc) is 3.30. The third-order valence-electron chi connectivity index (χ3n) is 6.04. The van der Waals surface area contributed by atoms with E-state index >= 15 is 0 Å². The van der Waals surface area contributed by atoms with Crippen LogP contribution in [0.2, 0.25) is 0 Å². The second kappa shape index (κ2) is 18.0. The molecular formula is C34H31Cl2HfNSi. The molecule has 5 aromatic carbocycles. The van der Waals surface area contributed by atoms with Crippen LogP contribution in [0, 0.1) is 6.07 Å². The number of fused-ring (bicyclic) bond motifs is 3. The van der Waals surface area contributed by atoms with Crippen LogP contribution in [0.25, 0.3) is 16.9 Å². The zero-order valence-corrected chi connectivity index (χ0v) is 28.3. The number of hydrogen-bond donors (Lipinski definition) is 0. The predicted octanol–water partition coefficient (Wildman–Crippen LogP) is 1.90. The molecule has 1 nitrogen and oxygen atoms in total. The van der Waals surface area contributed by atoms with E-state index in [0.717, 1.165) is 21.5 Å². The van der Waals surface area contributed by atoms with Crippen molar-refractivity contribution in [1.29, 1.82) is 0 Å². The molecule has 0 spiro atoms. The van der Waals surface area contributed by atoms with Gasteiger partial charge in [0.1, 0.15) is 9.52 Å². The minimum Gasteiger partial charge on any atom is -1.00 e. The van der Waals surface area contributed by atoms with Crippen LogP contribution in [0.4, 0.5) is 5.69 Å². The molecule has 5 aromatic rings. The molecular weight excluding hydrogens is 700 g/mol. The quantitative estimate of drug-likeness (QED) is 0.197. The first kappa shape index (κ1) is 34.6. The Kier molecular flexibility index (Phi) is 16.0. The van der Waals surface area contributed by atoms with E-state index in [-0.39, 0.29) is 50.7 Å². The Hall–Kier alpha value is -2.43. The molecule has 2 radical (unpaired) electrons. The van der Waals surface area contributed by atoms with Gasteiger partial charge in [0, 0.05) is 0 Å². The molecule has 6 rings (SSSR count). The molecule has 39 heavy (non-hydrogen) atoms. The Labute approximate surface area is 267 Å². The van der Waals surface area contributed by atoms with E-state index in [1.54, 1.807) is 0 Å². The molecule has 194 valence electrons.